The molecule has 0 fully saturated rings. The van der Waals surface area contributed by atoms with Crippen molar-refractivity contribution in [3.05, 3.63) is 70.0 Å². The Labute approximate surface area is 127 Å². The molecule has 0 aliphatic carbocycles. The first-order valence-corrected chi connectivity index (χ1v) is 6.51. The molecule has 0 aliphatic heterocycles. The summed E-state index contributed by atoms with van der Waals surface area (Å²) in [6.45, 7) is -0.492. The Morgan fingerprint density at radius 3 is 2.70 bits per heavy atom. The third-order valence-corrected chi connectivity index (χ3v) is 3.10. The Bertz CT molecular complexity index is 956. The van der Waals surface area contributed by atoms with Crippen molar-refractivity contribution in [3.63, 3.8) is 0 Å². The van der Waals surface area contributed by atoms with Crippen LogP contribution >= 0.6 is 0 Å². The summed E-state index contributed by atoms with van der Waals surface area (Å²) in [5, 5.41) is 7.80. The average Bonchev–Trinajstić information content (AvgIpc) is 2.57. The van der Waals surface area contributed by atoms with Crippen molar-refractivity contribution in [1.82, 2.24) is 15.0 Å². The van der Waals surface area contributed by atoms with Crippen molar-refractivity contribution in [1.29, 1.82) is 0 Å². The van der Waals surface area contributed by atoms with Gasteiger partial charge in [0.25, 0.3) is 5.56 Å². The van der Waals surface area contributed by atoms with Crippen LogP contribution in [0.4, 0.5) is 8.78 Å². The van der Waals surface area contributed by atoms with Crippen LogP contribution in [0.15, 0.2) is 47.3 Å². The first kappa shape index (κ1) is 14.8. The minimum atomic E-state index is -1.16. The zero-order valence-electron chi connectivity index (χ0n) is 11.6. The highest BCUT2D eigenvalue weighted by Crippen LogP contribution is 2.10. The fourth-order valence-electron chi connectivity index (χ4n) is 1.93. The molecule has 1 heterocycles. The second-order valence-corrected chi connectivity index (χ2v) is 4.60. The van der Waals surface area contributed by atoms with E-state index >= 15 is 0 Å². The molecule has 0 amide bonds. The molecule has 2 aromatic carbocycles. The summed E-state index contributed by atoms with van der Waals surface area (Å²) in [6, 6.07) is 9.18. The van der Waals surface area contributed by atoms with Crippen LogP contribution in [0.25, 0.3) is 10.9 Å². The lowest BCUT2D eigenvalue weighted by Crippen LogP contribution is -2.26. The quantitative estimate of drug-likeness (QED) is 0.690. The van der Waals surface area contributed by atoms with Gasteiger partial charge >= 0.3 is 5.97 Å². The van der Waals surface area contributed by atoms with E-state index in [1.807, 2.05) is 0 Å². The molecule has 0 spiro atoms. The molecule has 0 saturated carbocycles. The molecule has 6 nitrogen and oxygen atoms in total. The molecule has 0 radical (unpaired) electrons. The van der Waals surface area contributed by atoms with E-state index in [-0.39, 0.29) is 5.56 Å². The smallest absolute Gasteiger partial charge is 0.340 e. The van der Waals surface area contributed by atoms with E-state index in [0.29, 0.717) is 17.0 Å². The van der Waals surface area contributed by atoms with Gasteiger partial charge in [-0.2, -0.15) is 4.68 Å². The number of benzene rings is 2. The van der Waals surface area contributed by atoms with Crippen LogP contribution in [0.3, 0.4) is 0 Å². The number of hydrogen-bond acceptors (Lipinski definition) is 5. The highest BCUT2D eigenvalue weighted by Gasteiger charge is 2.12. The highest BCUT2D eigenvalue weighted by atomic mass is 19.2. The number of esters is 1. The van der Waals surface area contributed by atoms with Crippen molar-refractivity contribution >= 4 is 16.9 Å². The van der Waals surface area contributed by atoms with Gasteiger partial charge in [-0.15, -0.1) is 5.10 Å². The van der Waals surface area contributed by atoms with Crippen LogP contribution in [0.5, 0.6) is 0 Å². The van der Waals surface area contributed by atoms with E-state index in [2.05, 4.69) is 10.3 Å². The average molecular weight is 317 g/mol. The number of carbonyl (C=O) groups is 1. The molecular formula is C15H9F2N3O3. The molecule has 0 aliphatic rings. The Balaban J connectivity index is 1.80. The van der Waals surface area contributed by atoms with Crippen LogP contribution in [0.1, 0.15) is 10.4 Å². The maximum absolute atomic E-state index is 13.1. The van der Waals surface area contributed by atoms with Gasteiger partial charge in [0.15, 0.2) is 18.4 Å². The lowest BCUT2D eigenvalue weighted by Gasteiger charge is -2.06. The molecule has 8 heteroatoms. The predicted octanol–water partition coefficient (Wildman–Crippen LogP) is 1.88. The zero-order valence-corrected chi connectivity index (χ0v) is 11.6. The molecule has 116 valence electrons. The topological polar surface area (TPSA) is 74.1 Å². The highest BCUT2D eigenvalue weighted by molar-refractivity contribution is 5.89. The third kappa shape index (κ3) is 2.91. The van der Waals surface area contributed by atoms with Crippen LogP contribution in [0.2, 0.25) is 0 Å². The summed E-state index contributed by atoms with van der Waals surface area (Å²) >= 11 is 0. The fourth-order valence-corrected chi connectivity index (χ4v) is 1.93. The predicted molar refractivity (Wildman–Crippen MR) is 75.6 cm³/mol. The van der Waals surface area contributed by atoms with E-state index in [0.717, 1.165) is 16.8 Å². The molecule has 0 atom stereocenters. The van der Waals surface area contributed by atoms with Gasteiger partial charge in [0.05, 0.1) is 10.9 Å². The van der Waals surface area contributed by atoms with E-state index in [4.69, 9.17) is 4.74 Å². The van der Waals surface area contributed by atoms with Crippen LogP contribution in [-0.4, -0.2) is 21.0 Å². The first-order chi connectivity index (χ1) is 11.1. The lowest BCUT2D eigenvalue weighted by atomic mass is 10.2. The number of halogens is 2. The Morgan fingerprint density at radius 2 is 1.91 bits per heavy atom. The van der Waals surface area contributed by atoms with Crippen molar-refractivity contribution < 1.29 is 18.3 Å². The van der Waals surface area contributed by atoms with E-state index in [9.17, 15) is 18.4 Å². The van der Waals surface area contributed by atoms with Gasteiger partial charge in [0.1, 0.15) is 5.52 Å². The van der Waals surface area contributed by atoms with Crippen molar-refractivity contribution in [2.75, 3.05) is 0 Å². The van der Waals surface area contributed by atoms with Crippen LogP contribution < -0.4 is 5.56 Å². The number of hydrogen-bond donors (Lipinski definition) is 0. The molecule has 0 unspecified atom stereocenters. The minimum absolute atomic E-state index is 0.175. The molecular weight excluding hydrogens is 308 g/mol. The summed E-state index contributed by atoms with van der Waals surface area (Å²) in [5.41, 5.74) is -0.236. The number of aromatic nitrogens is 3. The van der Waals surface area contributed by atoms with E-state index in [1.54, 1.807) is 24.3 Å². The van der Waals surface area contributed by atoms with Gasteiger partial charge in [-0.25, -0.2) is 13.6 Å². The molecule has 3 aromatic rings. The Morgan fingerprint density at radius 1 is 1.13 bits per heavy atom. The molecule has 0 saturated heterocycles. The zero-order chi connectivity index (χ0) is 16.4. The number of fused-ring (bicyclic) bond motifs is 1. The lowest BCUT2D eigenvalue weighted by molar-refractivity contribution is 0.0335. The van der Waals surface area contributed by atoms with Gasteiger partial charge in [-0.1, -0.05) is 17.3 Å². The third-order valence-electron chi connectivity index (χ3n) is 3.10. The molecule has 0 N–H and O–H groups in total. The fraction of sp³-hybridized carbons (Fsp3) is 0.0667. The standard InChI is InChI=1S/C15H9F2N3O3/c16-11-6-5-9(7-12(11)17)15(22)23-8-20-14(21)10-3-1-2-4-13(10)18-19-20/h1-7H,8H2. The Kier molecular flexibility index (Phi) is 3.80. The van der Waals surface area contributed by atoms with Gasteiger partial charge in [0, 0.05) is 0 Å². The minimum Gasteiger partial charge on any atom is -0.439 e. The van der Waals surface area contributed by atoms with Crippen LogP contribution in [-0.2, 0) is 11.5 Å². The van der Waals surface area contributed by atoms with E-state index in [1.165, 1.54) is 0 Å². The first-order valence-electron chi connectivity index (χ1n) is 6.51. The normalized spacial score (nSPS) is 10.7. The maximum Gasteiger partial charge on any atom is 0.340 e. The molecule has 23 heavy (non-hydrogen) atoms. The van der Waals surface area contributed by atoms with Gasteiger partial charge in [-0.3, -0.25) is 4.79 Å². The second kappa shape index (κ2) is 5.91. The summed E-state index contributed by atoms with van der Waals surface area (Å²) < 4.78 is 31.6. The molecule has 3 rings (SSSR count). The molecule has 1 aromatic heterocycles. The van der Waals surface area contributed by atoms with E-state index < -0.39 is 29.9 Å². The number of ether oxygens (including phenoxy) is 1. The van der Waals surface area contributed by atoms with Gasteiger partial charge in [-0.05, 0) is 30.3 Å². The number of rotatable bonds is 3. The van der Waals surface area contributed by atoms with Gasteiger partial charge in [0.2, 0.25) is 0 Å². The summed E-state index contributed by atoms with van der Waals surface area (Å²) in [6.07, 6.45) is 0. The Hall–Kier alpha value is -3.16. The van der Waals surface area contributed by atoms with Crippen molar-refractivity contribution in [3.8, 4) is 0 Å². The number of carbonyl (C=O) groups excluding carboxylic acids is 1. The summed E-state index contributed by atoms with van der Waals surface area (Å²) in [4.78, 5) is 23.9. The van der Waals surface area contributed by atoms with Gasteiger partial charge < -0.3 is 4.74 Å². The van der Waals surface area contributed by atoms with Crippen molar-refractivity contribution in [2.24, 2.45) is 0 Å². The molecule has 0 bridgehead atoms. The maximum atomic E-state index is 13.1. The second-order valence-electron chi connectivity index (χ2n) is 4.60. The SMILES string of the molecule is O=C(OCn1nnc2ccccc2c1=O)c1ccc(F)c(F)c1. The summed E-state index contributed by atoms with van der Waals surface area (Å²) in [5.74, 6) is -3.15. The van der Waals surface area contributed by atoms with Crippen molar-refractivity contribution in [2.45, 2.75) is 6.73 Å². The monoisotopic (exact) mass is 317 g/mol. The summed E-state index contributed by atoms with van der Waals surface area (Å²) in [7, 11) is 0. The number of nitrogens with zero attached hydrogens (tertiary/aromatic N) is 3. The van der Waals surface area contributed by atoms with Crippen LogP contribution in [0, 0.1) is 11.6 Å². The largest absolute Gasteiger partial charge is 0.439 e.